The van der Waals surface area contributed by atoms with E-state index in [1.54, 1.807) is 6.92 Å². The van der Waals surface area contributed by atoms with Crippen LogP contribution in [0.15, 0.2) is 24.3 Å². The van der Waals surface area contributed by atoms with Gasteiger partial charge in [0.2, 0.25) is 5.91 Å². The minimum atomic E-state index is -0.174. The number of aliphatic hydroxyl groups excluding tert-OH is 1. The molecule has 0 bridgehead atoms. The van der Waals surface area contributed by atoms with Gasteiger partial charge in [-0.1, -0.05) is 18.2 Å². The molecule has 0 saturated heterocycles. The minimum Gasteiger partial charge on any atom is -0.394 e. The van der Waals surface area contributed by atoms with Gasteiger partial charge in [-0.15, -0.1) is 0 Å². The molecule has 1 amide bonds. The average Bonchev–Trinajstić information content (AvgIpc) is 2.72. The second kappa shape index (κ2) is 5.19. The number of nitrogens with one attached hydrogen (secondary N) is 2. The first-order valence-corrected chi connectivity index (χ1v) is 5.93. The summed E-state index contributed by atoms with van der Waals surface area (Å²) in [6.45, 7) is 2.57. The molecular formula is C13H18N2O2. The van der Waals surface area contributed by atoms with Crippen molar-refractivity contribution in [2.24, 2.45) is 0 Å². The molecule has 1 aliphatic rings. The third-order valence-electron chi connectivity index (χ3n) is 3.05. The van der Waals surface area contributed by atoms with E-state index in [1.807, 2.05) is 18.2 Å². The molecule has 1 aromatic carbocycles. The van der Waals surface area contributed by atoms with Crippen LogP contribution in [0.25, 0.3) is 0 Å². The van der Waals surface area contributed by atoms with Gasteiger partial charge in [-0.05, 0) is 18.6 Å². The summed E-state index contributed by atoms with van der Waals surface area (Å²) in [4.78, 5) is 11.7. The van der Waals surface area contributed by atoms with Crippen molar-refractivity contribution in [2.75, 3.05) is 18.5 Å². The third kappa shape index (κ3) is 2.77. The number of carbonyl (C=O) groups excluding carboxylic acids is 1. The molecule has 2 atom stereocenters. The van der Waals surface area contributed by atoms with Crippen molar-refractivity contribution in [3.8, 4) is 0 Å². The van der Waals surface area contributed by atoms with Crippen molar-refractivity contribution >= 4 is 11.6 Å². The van der Waals surface area contributed by atoms with Crippen LogP contribution in [0.3, 0.4) is 0 Å². The van der Waals surface area contributed by atoms with Gasteiger partial charge in [-0.3, -0.25) is 4.79 Å². The highest BCUT2D eigenvalue weighted by Gasteiger charge is 2.24. The molecule has 17 heavy (non-hydrogen) atoms. The standard InChI is InChI=1S/C13H18N2O2/c1-9(8-16)15-13(17)6-10-7-14-12-5-3-2-4-11(10)12/h2-5,9-10,14,16H,6-8H2,1H3,(H,15,17)/t9-,10?/m1/s1. The average molecular weight is 234 g/mol. The van der Waals surface area contributed by atoms with Crippen molar-refractivity contribution in [1.82, 2.24) is 5.32 Å². The maximum absolute atomic E-state index is 11.7. The smallest absolute Gasteiger partial charge is 0.220 e. The number of para-hydroxylation sites is 1. The highest BCUT2D eigenvalue weighted by molar-refractivity contribution is 5.78. The summed E-state index contributed by atoms with van der Waals surface area (Å²) in [6, 6.07) is 7.90. The van der Waals surface area contributed by atoms with Crippen LogP contribution in [0.5, 0.6) is 0 Å². The third-order valence-corrected chi connectivity index (χ3v) is 3.05. The number of carbonyl (C=O) groups is 1. The zero-order valence-corrected chi connectivity index (χ0v) is 9.94. The molecular weight excluding hydrogens is 216 g/mol. The van der Waals surface area contributed by atoms with Crippen LogP contribution in [-0.2, 0) is 4.79 Å². The molecule has 4 heteroatoms. The highest BCUT2D eigenvalue weighted by atomic mass is 16.3. The summed E-state index contributed by atoms with van der Waals surface area (Å²) in [6.07, 6.45) is 0.467. The molecule has 0 saturated carbocycles. The van der Waals surface area contributed by atoms with Crippen LogP contribution in [0.2, 0.25) is 0 Å². The van der Waals surface area contributed by atoms with E-state index >= 15 is 0 Å². The molecule has 92 valence electrons. The largest absolute Gasteiger partial charge is 0.394 e. The number of hydrogen-bond acceptors (Lipinski definition) is 3. The molecule has 2 rings (SSSR count). The fourth-order valence-electron chi connectivity index (χ4n) is 2.14. The lowest BCUT2D eigenvalue weighted by Gasteiger charge is -2.13. The summed E-state index contributed by atoms with van der Waals surface area (Å²) in [5.41, 5.74) is 2.33. The van der Waals surface area contributed by atoms with Gasteiger partial charge in [-0.25, -0.2) is 0 Å². The summed E-state index contributed by atoms with van der Waals surface area (Å²) in [5.74, 6) is 0.229. The molecule has 0 fully saturated rings. The van der Waals surface area contributed by atoms with Gasteiger partial charge in [0.1, 0.15) is 0 Å². The van der Waals surface area contributed by atoms with Gasteiger partial charge < -0.3 is 15.7 Å². The van der Waals surface area contributed by atoms with Gasteiger partial charge in [0.25, 0.3) is 0 Å². The van der Waals surface area contributed by atoms with E-state index in [9.17, 15) is 4.79 Å². The Labute approximate surface area is 101 Å². The maximum atomic E-state index is 11.7. The van der Waals surface area contributed by atoms with Crippen molar-refractivity contribution in [3.63, 3.8) is 0 Å². The van der Waals surface area contributed by atoms with Crippen LogP contribution in [0.4, 0.5) is 5.69 Å². The second-order valence-electron chi connectivity index (χ2n) is 4.52. The van der Waals surface area contributed by atoms with E-state index in [4.69, 9.17) is 5.11 Å². The lowest BCUT2D eigenvalue weighted by atomic mass is 9.97. The number of hydrogen-bond donors (Lipinski definition) is 3. The minimum absolute atomic E-state index is 0.00458. The normalized spacial score (nSPS) is 19.3. The van der Waals surface area contributed by atoms with Crippen LogP contribution in [0.1, 0.15) is 24.8 Å². The van der Waals surface area contributed by atoms with E-state index in [0.717, 1.165) is 12.2 Å². The van der Waals surface area contributed by atoms with Gasteiger partial charge in [0.15, 0.2) is 0 Å². The Bertz CT molecular complexity index is 406. The molecule has 0 aliphatic carbocycles. The highest BCUT2D eigenvalue weighted by Crippen LogP contribution is 2.32. The Morgan fingerprint density at radius 2 is 2.35 bits per heavy atom. The monoisotopic (exact) mass is 234 g/mol. The van der Waals surface area contributed by atoms with E-state index in [-0.39, 0.29) is 24.5 Å². The molecule has 0 radical (unpaired) electrons. The van der Waals surface area contributed by atoms with Crippen molar-refractivity contribution in [2.45, 2.75) is 25.3 Å². The van der Waals surface area contributed by atoms with Gasteiger partial charge in [-0.2, -0.15) is 0 Å². The van der Waals surface area contributed by atoms with Crippen LogP contribution in [-0.4, -0.2) is 30.2 Å². The lowest BCUT2D eigenvalue weighted by molar-refractivity contribution is -0.122. The fourth-order valence-corrected chi connectivity index (χ4v) is 2.14. The molecule has 1 unspecified atom stereocenters. The summed E-state index contributed by atoms with van der Waals surface area (Å²) in [7, 11) is 0. The van der Waals surface area contributed by atoms with Crippen LogP contribution in [0, 0.1) is 0 Å². The SMILES string of the molecule is C[C@H](CO)NC(=O)CC1CNc2ccccc21. The topological polar surface area (TPSA) is 61.4 Å². The van der Waals surface area contributed by atoms with E-state index < -0.39 is 0 Å². The van der Waals surface area contributed by atoms with Gasteiger partial charge in [0, 0.05) is 30.6 Å². The molecule has 1 aliphatic heterocycles. The first-order valence-electron chi connectivity index (χ1n) is 5.93. The lowest BCUT2D eigenvalue weighted by Crippen LogP contribution is -2.35. The Hall–Kier alpha value is -1.55. The number of rotatable bonds is 4. The zero-order chi connectivity index (χ0) is 12.3. The van der Waals surface area contributed by atoms with E-state index in [1.165, 1.54) is 5.56 Å². The predicted octanol–water partition coefficient (Wildman–Crippen LogP) is 1.08. The first-order chi connectivity index (χ1) is 8.20. The Kier molecular flexibility index (Phi) is 3.64. The summed E-state index contributed by atoms with van der Waals surface area (Å²) >= 11 is 0. The number of anilines is 1. The maximum Gasteiger partial charge on any atom is 0.220 e. The number of aliphatic hydroxyl groups is 1. The fraction of sp³-hybridized carbons (Fsp3) is 0.462. The van der Waals surface area contributed by atoms with Gasteiger partial charge >= 0.3 is 0 Å². The molecule has 1 heterocycles. The Morgan fingerprint density at radius 3 is 3.12 bits per heavy atom. The number of benzene rings is 1. The van der Waals surface area contributed by atoms with Gasteiger partial charge in [0.05, 0.1) is 6.61 Å². The summed E-state index contributed by atoms with van der Waals surface area (Å²) in [5, 5.41) is 14.9. The molecule has 0 spiro atoms. The predicted molar refractivity (Wildman–Crippen MR) is 67.0 cm³/mol. The molecule has 4 nitrogen and oxygen atoms in total. The first kappa shape index (κ1) is 11.9. The second-order valence-corrected chi connectivity index (χ2v) is 4.52. The van der Waals surface area contributed by atoms with E-state index in [0.29, 0.717) is 6.42 Å². The quantitative estimate of drug-likeness (QED) is 0.730. The molecule has 1 aromatic rings. The molecule has 3 N–H and O–H groups in total. The Morgan fingerprint density at radius 1 is 1.59 bits per heavy atom. The van der Waals surface area contributed by atoms with Crippen molar-refractivity contribution in [3.05, 3.63) is 29.8 Å². The number of fused-ring (bicyclic) bond motifs is 1. The van der Waals surface area contributed by atoms with Crippen molar-refractivity contribution < 1.29 is 9.90 Å². The summed E-state index contributed by atoms with van der Waals surface area (Å²) < 4.78 is 0. The zero-order valence-electron chi connectivity index (χ0n) is 9.94. The Balaban J connectivity index is 1.95. The van der Waals surface area contributed by atoms with E-state index in [2.05, 4.69) is 16.7 Å². The van der Waals surface area contributed by atoms with Crippen molar-refractivity contribution in [1.29, 1.82) is 0 Å². The number of amides is 1. The van der Waals surface area contributed by atoms with Crippen LogP contribution >= 0.6 is 0 Å². The van der Waals surface area contributed by atoms with Crippen LogP contribution < -0.4 is 10.6 Å². The molecule has 0 aromatic heterocycles.